The highest BCUT2D eigenvalue weighted by Gasteiger charge is 2.31. The zero-order valence-corrected chi connectivity index (χ0v) is 11.6. The lowest BCUT2D eigenvalue weighted by atomic mass is 9.67. The van der Waals surface area contributed by atoms with Crippen LogP contribution in [-0.4, -0.2) is 0 Å². The van der Waals surface area contributed by atoms with Crippen molar-refractivity contribution in [1.82, 2.24) is 0 Å². The van der Waals surface area contributed by atoms with E-state index in [4.69, 9.17) is 0 Å². The van der Waals surface area contributed by atoms with Gasteiger partial charge < -0.3 is 0 Å². The lowest BCUT2D eigenvalue weighted by Gasteiger charge is -2.37. The predicted octanol–water partition coefficient (Wildman–Crippen LogP) is 5.11. The molecule has 0 heteroatoms. The van der Waals surface area contributed by atoms with Gasteiger partial charge in [0.1, 0.15) is 0 Å². The van der Waals surface area contributed by atoms with E-state index < -0.39 is 0 Å². The third-order valence-electron chi connectivity index (χ3n) is 4.73. The van der Waals surface area contributed by atoms with Crippen molar-refractivity contribution in [3.8, 4) is 0 Å². The molecule has 0 saturated heterocycles. The van der Waals surface area contributed by atoms with Gasteiger partial charge in [-0.3, -0.25) is 0 Å². The van der Waals surface area contributed by atoms with Crippen LogP contribution in [-0.2, 0) is 11.8 Å². The molecule has 1 saturated carbocycles. The van der Waals surface area contributed by atoms with E-state index in [1.165, 1.54) is 43.2 Å². The van der Waals surface area contributed by atoms with E-state index in [-0.39, 0.29) is 0 Å². The monoisotopic (exact) mass is 230 g/mol. The van der Waals surface area contributed by atoms with Crippen molar-refractivity contribution in [3.05, 3.63) is 35.4 Å². The molecule has 0 spiro atoms. The molecule has 1 aromatic rings. The Bertz CT molecular complexity index is 339. The summed E-state index contributed by atoms with van der Waals surface area (Å²) in [5.41, 5.74) is 3.34. The Hall–Kier alpha value is -0.780. The van der Waals surface area contributed by atoms with Crippen LogP contribution < -0.4 is 0 Å². The fraction of sp³-hybridized carbons (Fsp3) is 0.647. The molecule has 1 fully saturated rings. The first kappa shape index (κ1) is 12.7. The Morgan fingerprint density at radius 2 is 1.59 bits per heavy atom. The van der Waals surface area contributed by atoms with Gasteiger partial charge in [-0.25, -0.2) is 0 Å². The van der Waals surface area contributed by atoms with Gasteiger partial charge in [0.25, 0.3) is 0 Å². The Morgan fingerprint density at radius 1 is 1.00 bits per heavy atom. The summed E-state index contributed by atoms with van der Waals surface area (Å²) in [5, 5.41) is 0. The van der Waals surface area contributed by atoms with Crippen molar-refractivity contribution < 1.29 is 0 Å². The van der Waals surface area contributed by atoms with Gasteiger partial charge in [0, 0.05) is 0 Å². The SMILES string of the molecule is CCc1ccc(C(C)(C)C2CCCCC2)cc1. The molecule has 1 aliphatic carbocycles. The van der Waals surface area contributed by atoms with Gasteiger partial charge in [-0.2, -0.15) is 0 Å². The largest absolute Gasteiger partial charge is 0.0613 e. The lowest BCUT2D eigenvalue weighted by molar-refractivity contribution is 0.236. The molecule has 0 N–H and O–H groups in total. The summed E-state index contributed by atoms with van der Waals surface area (Å²) in [4.78, 5) is 0. The molecule has 0 nitrogen and oxygen atoms in total. The average molecular weight is 230 g/mol. The number of hydrogen-bond acceptors (Lipinski definition) is 0. The summed E-state index contributed by atoms with van der Waals surface area (Å²) in [5.74, 6) is 0.878. The standard InChI is InChI=1S/C17H26/c1-4-14-10-12-16(13-11-14)17(2,3)15-8-6-5-7-9-15/h10-13,15H,4-9H2,1-3H3. The molecule has 0 radical (unpaired) electrons. The molecule has 1 aromatic carbocycles. The zero-order valence-electron chi connectivity index (χ0n) is 11.6. The van der Waals surface area contributed by atoms with Crippen LogP contribution in [0.1, 0.15) is 64.0 Å². The van der Waals surface area contributed by atoms with Crippen LogP contribution in [0.2, 0.25) is 0 Å². The second-order valence-electron chi connectivity index (χ2n) is 6.11. The highest BCUT2D eigenvalue weighted by atomic mass is 14.4. The molecular formula is C17H26. The van der Waals surface area contributed by atoms with Crippen LogP contribution in [0.25, 0.3) is 0 Å². The maximum atomic E-state index is 2.43. The summed E-state index contributed by atoms with van der Waals surface area (Å²) < 4.78 is 0. The second kappa shape index (κ2) is 5.25. The molecule has 0 bridgehead atoms. The van der Waals surface area contributed by atoms with E-state index in [2.05, 4.69) is 45.0 Å². The normalized spacial score (nSPS) is 18.3. The van der Waals surface area contributed by atoms with Crippen molar-refractivity contribution in [2.75, 3.05) is 0 Å². The van der Waals surface area contributed by atoms with Gasteiger partial charge in [-0.15, -0.1) is 0 Å². The van der Waals surface area contributed by atoms with Crippen LogP contribution in [0, 0.1) is 5.92 Å². The number of benzene rings is 1. The van der Waals surface area contributed by atoms with Crippen LogP contribution in [0.4, 0.5) is 0 Å². The maximum Gasteiger partial charge on any atom is -0.00753 e. The fourth-order valence-electron chi connectivity index (χ4n) is 3.23. The van der Waals surface area contributed by atoms with Crippen LogP contribution in [0.5, 0.6) is 0 Å². The third-order valence-corrected chi connectivity index (χ3v) is 4.73. The summed E-state index contributed by atoms with van der Waals surface area (Å²) >= 11 is 0. The zero-order chi connectivity index (χ0) is 12.3. The third kappa shape index (κ3) is 2.73. The topological polar surface area (TPSA) is 0 Å². The Labute approximate surface area is 106 Å². The molecule has 1 aliphatic rings. The van der Waals surface area contributed by atoms with Gasteiger partial charge >= 0.3 is 0 Å². The van der Waals surface area contributed by atoms with Crippen LogP contribution in [0.15, 0.2) is 24.3 Å². The summed E-state index contributed by atoms with van der Waals surface area (Å²) in [6, 6.07) is 9.32. The maximum absolute atomic E-state index is 2.43. The van der Waals surface area contributed by atoms with E-state index in [1.807, 2.05) is 0 Å². The van der Waals surface area contributed by atoms with Gasteiger partial charge in [-0.05, 0) is 41.7 Å². The van der Waals surface area contributed by atoms with E-state index in [0.717, 1.165) is 12.3 Å². The van der Waals surface area contributed by atoms with Crippen molar-refractivity contribution in [1.29, 1.82) is 0 Å². The number of hydrogen-bond donors (Lipinski definition) is 0. The van der Waals surface area contributed by atoms with Crippen molar-refractivity contribution in [3.63, 3.8) is 0 Å². The quantitative estimate of drug-likeness (QED) is 0.677. The molecule has 17 heavy (non-hydrogen) atoms. The minimum atomic E-state index is 0.354. The number of rotatable bonds is 3. The molecule has 0 aliphatic heterocycles. The van der Waals surface area contributed by atoms with Crippen molar-refractivity contribution >= 4 is 0 Å². The summed E-state index contributed by atoms with van der Waals surface area (Å²) in [7, 11) is 0. The molecule has 0 aromatic heterocycles. The highest BCUT2D eigenvalue weighted by Crippen LogP contribution is 2.40. The van der Waals surface area contributed by atoms with E-state index in [9.17, 15) is 0 Å². The number of aryl methyl sites for hydroxylation is 1. The van der Waals surface area contributed by atoms with Crippen molar-refractivity contribution in [2.45, 2.75) is 64.7 Å². The van der Waals surface area contributed by atoms with E-state index in [1.54, 1.807) is 0 Å². The van der Waals surface area contributed by atoms with Gasteiger partial charge in [0.2, 0.25) is 0 Å². The lowest BCUT2D eigenvalue weighted by Crippen LogP contribution is -2.30. The summed E-state index contributed by atoms with van der Waals surface area (Å²) in [6.07, 6.45) is 8.29. The molecule has 0 unspecified atom stereocenters. The second-order valence-corrected chi connectivity index (χ2v) is 6.11. The van der Waals surface area contributed by atoms with E-state index >= 15 is 0 Å². The first-order chi connectivity index (χ1) is 8.14. The fourth-order valence-corrected chi connectivity index (χ4v) is 3.23. The highest BCUT2D eigenvalue weighted by molar-refractivity contribution is 5.29. The molecule has 0 heterocycles. The van der Waals surface area contributed by atoms with Gasteiger partial charge in [0.05, 0.1) is 0 Å². The molecule has 0 atom stereocenters. The predicted molar refractivity (Wildman–Crippen MR) is 75.4 cm³/mol. The van der Waals surface area contributed by atoms with E-state index in [0.29, 0.717) is 5.41 Å². The summed E-state index contributed by atoms with van der Waals surface area (Å²) in [6.45, 7) is 7.09. The van der Waals surface area contributed by atoms with Crippen LogP contribution >= 0.6 is 0 Å². The van der Waals surface area contributed by atoms with Gasteiger partial charge in [0.15, 0.2) is 0 Å². The molecule has 0 amide bonds. The minimum Gasteiger partial charge on any atom is -0.0613 e. The van der Waals surface area contributed by atoms with Gasteiger partial charge in [-0.1, -0.05) is 64.3 Å². The Balaban J connectivity index is 2.17. The Morgan fingerprint density at radius 3 is 2.12 bits per heavy atom. The first-order valence-electron chi connectivity index (χ1n) is 7.24. The molecule has 2 rings (SSSR count). The smallest absolute Gasteiger partial charge is 0.00753 e. The average Bonchev–Trinajstić information content (AvgIpc) is 2.40. The van der Waals surface area contributed by atoms with Crippen molar-refractivity contribution in [2.24, 2.45) is 5.92 Å². The molecule has 94 valence electrons. The molecular weight excluding hydrogens is 204 g/mol. The minimum absolute atomic E-state index is 0.354. The Kier molecular flexibility index (Phi) is 3.91. The first-order valence-corrected chi connectivity index (χ1v) is 7.24. The van der Waals surface area contributed by atoms with Crippen LogP contribution in [0.3, 0.4) is 0 Å².